The number of esters is 2. The number of carbonyl (C=O) groups is 3. The molecule has 3 aliphatic carbocycles. The largest absolute Gasteiger partial charge is 0.456 e. The van der Waals surface area contributed by atoms with Gasteiger partial charge in [-0.25, -0.2) is 9.59 Å². The maximum absolute atomic E-state index is 13.9. The number of alkyl carbamates (subject to hydrolysis) is 1. The number of fused-ring (bicyclic) bond motifs is 3. The lowest BCUT2D eigenvalue weighted by atomic mass is 9.47. The molecule has 4 unspecified atom stereocenters. The van der Waals surface area contributed by atoms with Gasteiger partial charge in [0.05, 0.1) is 30.5 Å². The van der Waals surface area contributed by atoms with Crippen LogP contribution in [0.1, 0.15) is 102 Å². The van der Waals surface area contributed by atoms with E-state index in [0.29, 0.717) is 12.8 Å². The first-order chi connectivity index (χ1) is 23.4. The maximum Gasteiger partial charge on any atom is 0.407 e. The van der Waals surface area contributed by atoms with Gasteiger partial charge in [0.1, 0.15) is 17.8 Å². The number of ether oxygens (including phenoxy) is 6. The van der Waals surface area contributed by atoms with E-state index in [1.807, 2.05) is 20.8 Å². The van der Waals surface area contributed by atoms with E-state index in [9.17, 15) is 24.6 Å². The van der Waals surface area contributed by atoms with E-state index >= 15 is 0 Å². The van der Waals surface area contributed by atoms with Gasteiger partial charge in [0.15, 0.2) is 18.0 Å². The van der Waals surface area contributed by atoms with E-state index in [1.54, 1.807) is 40.7 Å². The third-order valence-corrected chi connectivity index (χ3v) is 12.6. The molecule has 2 heterocycles. The Morgan fingerprint density at radius 1 is 1.12 bits per heavy atom. The zero-order chi connectivity index (χ0) is 38.2. The standard InChI is InChI=1S/C39H61NO11/c1-14-28-48-26-16-27-39(18-46-27,50-23(7)41)31-22(6)38(36(11,12)45)17-25(20(4)29(38)21(5)32(49-28)37(26,31)13)47-33(43)30(42)24(15-19(2)3)40-34(44)51-35(8,9)10/h14,19,21-22,24-28,30-32,42,45H,1,15-18H2,2-13H3,(H,40,44)/t21-,22-,24-,25?,26-,27+,28?,30?,31-,32?,37+,38+,39-/m0/s1. The van der Waals surface area contributed by atoms with E-state index in [1.165, 1.54) is 6.92 Å². The minimum Gasteiger partial charge on any atom is -0.456 e. The van der Waals surface area contributed by atoms with Crippen molar-refractivity contribution >= 4 is 18.0 Å². The highest BCUT2D eigenvalue weighted by atomic mass is 16.7. The van der Waals surface area contributed by atoms with Crippen molar-refractivity contribution in [3.8, 4) is 0 Å². The molecule has 0 aromatic heterocycles. The molecule has 2 saturated heterocycles. The number of aliphatic hydroxyl groups is 2. The van der Waals surface area contributed by atoms with E-state index in [2.05, 4.69) is 32.7 Å². The summed E-state index contributed by atoms with van der Waals surface area (Å²) in [6.45, 7) is 26.4. The molecule has 12 heteroatoms. The van der Waals surface area contributed by atoms with Gasteiger partial charge in [-0.3, -0.25) is 4.79 Å². The summed E-state index contributed by atoms with van der Waals surface area (Å²) < 4.78 is 37.3. The summed E-state index contributed by atoms with van der Waals surface area (Å²) in [4.78, 5) is 39.4. The van der Waals surface area contributed by atoms with Crippen molar-refractivity contribution < 1.29 is 53.0 Å². The second-order valence-corrected chi connectivity index (χ2v) is 17.9. The van der Waals surface area contributed by atoms with E-state index in [0.717, 1.165) is 11.1 Å². The van der Waals surface area contributed by atoms with Gasteiger partial charge in [0.25, 0.3) is 0 Å². The van der Waals surface area contributed by atoms with Crippen LogP contribution in [0.4, 0.5) is 4.79 Å². The Bertz CT molecular complexity index is 1430. The summed E-state index contributed by atoms with van der Waals surface area (Å²) >= 11 is 0. The number of amides is 1. The van der Waals surface area contributed by atoms with Crippen molar-refractivity contribution in [3.05, 3.63) is 23.8 Å². The molecule has 13 atom stereocenters. The average molecular weight is 720 g/mol. The Hall–Kier alpha value is -2.51. The van der Waals surface area contributed by atoms with Gasteiger partial charge in [0, 0.05) is 42.4 Å². The number of nitrogens with one attached hydrogen (secondary N) is 1. The molecular formula is C39H61NO11. The van der Waals surface area contributed by atoms with Crippen LogP contribution in [0.3, 0.4) is 0 Å². The van der Waals surface area contributed by atoms with Crippen LogP contribution in [-0.2, 0) is 38.0 Å². The highest BCUT2D eigenvalue weighted by Crippen LogP contribution is 2.71. The second kappa shape index (κ2) is 13.4. The summed E-state index contributed by atoms with van der Waals surface area (Å²) in [6.07, 6.45) is -2.45. The van der Waals surface area contributed by atoms with Crippen molar-refractivity contribution in [2.24, 2.45) is 34.5 Å². The minimum atomic E-state index is -1.68. The molecule has 5 rings (SSSR count). The van der Waals surface area contributed by atoms with Gasteiger partial charge in [-0.2, -0.15) is 0 Å². The summed E-state index contributed by atoms with van der Waals surface area (Å²) in [7, 11) is 0. The van der Waals surface area contributed by atoms with Crippen molar-refractivity contribution in [1.29, 1.82) is 0 Å². The summed E-state index contributed by atoms with van der Waals surface area (Å²) in [6, 6.07) is -0.959. The first-order valence-corrected chi connectivity index (χ1v) is 18.5. The van der Waals surface area contributed by atoms with Crippen LogP contribution >= 0.6 is 0 Å². The van der Waals surface area contributed by atoms with Crippen LogP contribution in [0.15, 0.2) is 23.8 Å². The summed E-state index contributed by atoms with van der Waals surface area (Å²) in [5.74, 6) is -2.33. The smallest absolute Gasteiger partial charge is 0.407 e. The lowest BCUT2D eigenvalue weighted by molar-refractivity contribution is -0.387. The molecular weight excluding hydrogens is 658 g/mol. The summed E-state index contributed by atoms with van der Waals surface area (Å²) in [5.41, 5.74) is -3.11. The van der Waals surface area contributed by atoms with Crippen molar-refractivity contribution in [2.45, 2.75) is 162 Å². The fourth-order valence-corrected chi connectivity index (χ4v) is 10.9. The molecule has 288 valence electrons. The Labute approximate surface area is 303 Å². The van der Waals surface area contributed by atoms with Crippen molar-refractivity contribution in [1.82, 2.24) is 5.32 Å². The quantitative estimate of drug-likeness (QED) is 0.168. The number of carbonyl (C=O) groups excluding carboxylic acids is 3. The third-order valence-electron chi connectivity index (χ3n) is 12.6. The van der Waals surface area contributed by atoms with Crippen LogP contribution < -0.4 is 5.32 Å². The average Bonchev–Trinajstić information content (AvgIpc) is 3.25. The molecule has 2 saturated carbocycles. The third kappa shape index (κ3) is 6.44. The molecule has 1 amide bonds. The highest BCUT2D eigenvalue weighted by molar-refractivity contribution is 5.77. The zero-order valence-electron chi connectivity index (χ0n) is 32.5. The number of aliphatic hydroxyl groups excluding tert-OH is 1. The molecule has 0 bridgehead atoms. The number of hydrogen-bond acceptors (Lipinski definition) is 11. The first kappa shape index (κ1) is 39.7. The number of hydrogen-bond donors (Lipinski definition) is 3. The van der Waals surface area contributed by atoms with E-state index < -0.39 is 88.3 Å². The van der Waals surface area contributed by atoms with Crippen molar-refractivity contribution in [3.63, 3.8) is 0 Å². The highest BCUT2D eigenvalue weighted by Gasteiger charge is 2.78. The monoisotopic (exact) mass is 719 g/mol. The second-order valence-electron chi connectivity index (χ2n) is 17.9. The van der Waals surface area contributed by atoms with E-state index in [-0.39, 0.29) is 36.9 Å². The lowest BCUT2D eigenvalue weighted by Crippen LogP contribution is -2.78. The predicted molar refractivity (Wildman–Crippen MR) is 187 cm³/mol. The SMILES string of the molecule is C=CC1OC2[C@@H](C)C3=C(C)C(OC(=O)C(O)[C@H](CC(C)C)NC(=O)OC(C)(C)C)C[C@@]3(C(C)(C)O)[C@@H](C)[C@@H]3[C@]4(OC(C)=O)CO[C@@H]4C[C@H](O1)[C@@]23C. The van der Waals surface area contributed by atoms with E-state index in [4.69, 9.17) is 28.4 Å². The topological polar surface area (TPSA) is 159 Å². The van der Waals surface area contributed by atoms with Gasteiger partial charge < -0.3 is 44.0 Å². The molecule has 4 fully saturated rings. The molecule has 2 aliphatic heterocycles. The fourth-order valence-electron chi connectivity index (χ4n) is 10.9. The van der Waals surface area contributed by atoms with Crippen LogP contribution in [-0.4, -0.2) is 94.5 Å². The maximum atomic E-state index is 13.9. The molecule has 0 spiro atoms. The Balaban J connectivity index is 1.58. The lowest BCUT2D eigenvalue weighted by Gasteiger charge is -2.68. The number of rotatable bonds is 9. The van der Waals surface area contributed by atoms with Crippen molar-refractivity contribution in [2.75, 3.05) is 6.61 Å². The molecule has 12 nitrogen and oxygen atoms in total. The van der Waals surface area contributed by atoms with Gasteiger partial charge in [-0.05, 0) is 71.4 Å². The van der Waals surface area contributed by atoms with Gasteiger partial charge in [0.2, 0.25) is 0 Å². The van der Waals surface area contributed by atoms with Gasteiger partial charge in [-0.15, -0.1) is 0 Å². The molecule has 3 N–H and O–H groups in total. The Morgan fingerprint density at radius 2 is 1.76 bits per heavy atom. The predicted octanol–water partition coefficient (Wildman–Crippen LogP) is 4.98. The molecule has 51 heavy (non-hydrogen) atoms. The van der Waals surface area contributed by atoms with Crippen LogP contribution in [0.5, 0.6) is 0 Å². The van der Waals surface area contributed by atoms with Crippen LogP contribution in [0.2, 0.25) is 0 Å². The van der Waals surface area contributed by atoms with Crippen LogP contribution in [0, 0.1) is 34.5 Å². The Morgan fingerprint density at radius 3 is 2.27 bits per heavy atom. The zero-order valence-corrected chi connectivity index (χ0v) is 32.5. The summed E-state index contributed by atoms with van der Waals surface area (Å²) in [5, 5.41) is 26.5. The van der Waals surface area contributed by atoms with Gasteiger partial charge >= 0.3 is 18.0 Å². The normalized spacial score (nSPS) is 40.1. The Kier molecular flexibility index (Phi) is 10.4. The fraction of sp³-hybridized carbons (Fsp3) is 0.821. The van der Waals surface area contributed by atoms with Crippen LogP contribution in [0.25, 0.3) is 0 Å². The molecule has 0 radical (unpaired) electrons. The molecule has 0 aromatic carbocycles. The minimum absolute atomic E-state index is 0.0332. The first-order valence-electron chi connectivity index (χ1n) is 18.5. The van der Waals surface area contributed by atoms with Gasteiger partial charge in [-0.1, -0.05) is 46.8 Å². The molecule has 5 aliphatic rings. The molecule has 0 aromatic rings.